The van der Waals surface area contributed by atoms with Crippen molar-refractivity contribution in [3.05, 3.63) is 29.8 Å². The van der Waals surface area contributed by atoms with Crippen LogP contribution in [0.15, 0.2) is 24.3 Å². The monoisotopic (exact) mass is 280 g/mol. The summed E-state index contributed by atoms with van der Waals surface area (Å²) in [6.07, 6.45) is 3.44. The summed E-state index contributed by atoms with van der Waals surface area (Å²) in [5.41, 5.74) is 2.43. The Kier molecular flexibility index (Phi) is 7.45. The number of thiocarbonyl (C=S) groups is 1. The summed E-state index contributed by atoms with van der Waals surface area (Å²) in [7, 11) is 4.32. The van der Waals surface area contributed by atoms with Crippen LogP contribution in [0.3, 0.4) is 0 Å². The lowest BCUT2D eigenvalue weighted by Gasteiger charge is -2.12. The van der Waals surface area contributed by atoms with Crippen LogP contribution in [-0.4, -0.2) is 32.3 Å². The molecule has 4 heteroatoms. The van der Waals surface area contributed by atoms with Gasteiger partial charge >= 0.3 is 0 Å². The molecule has 1 rings (SSSR count). The molecule has 0 fully saturated rings. The van der Waals surface area contributed by atoms with E-state index < -0.39 is 0 Å². The number of anilines is 1. The van der Waals surface area contributed by atoms with Gasteiger partial charge in [-0.25, -0.2) is 0 Å². The maximum Gasteiger partial charge on any atom is 0.170 e. The van der Waals surface area contributed by atoms with E-state index in [9.17, 15) is 0 Å². The number of hydrogen-bond donors (Lipinski definition) is 3. The Bertz CT molecular complexity index is 373. The van der Waals surface area contributed by atoms with Crippen LogP contribution < -0.4 is 15.5 Å². The summed E-state index contributed by atoms with van der Waals surface area (Å²) in [5, 5.41) is 7.15. The number of hydrogen-bond acceptors (Lipinski definition) is 1. The largest absolute Gasteiger partial charge is 0.362 e. The van der Waals surface area contributed by atoms with E-state index in [0.29, 0.717) is 5.11 Å². The summed E-state index contributed by atoms with van der Waals surface area (Å²) < 4.78 is 0. The highest BCUT2D eigenvalue weighted by atomic mass is 32.1. The first-order valence-electron chi connectivity index (χ1n) is 7.04. The number of nitrogens with one attached hydrogen (secondary N) is 3. The zero-order chi connectivity index (χ0) is 14.1. The number of rotatable bonds is 7. The molecule has 0 aliphatic heterocycles. The summed E-state index contributed by atoms with van der Waals surface area (Å²) in [5.74, 6) is 0. The normalized spacial score (nSPS) is 10.5. The Morgan fingerprint density at radius 2 is 1.89 bits per heavy atom. The summed E-state index contributed by atoms with van der Waals surface area (Å²) >= 11 is 5.27. The van der Waals surface area contributed by atoms with Crippen molar-refractivity contribution in [1.82, 2.24) is 5.32 Å². The Hall–Kier alpha value is -1.13. The van der Waals surface area contributed by atoms with Crippen molar-refractivity contribution < 1.29 is 4.90 Å². The van der Waals surface area contributed by atoms with Crippen LogP contribution in [0.5, 0.6) is 0 Å². The van der Waals surface area contributed by atoms with Gasteiger partial charge in [0.25, 0.3) is 0 Å². The Morgan fingerprint density at radius 3 is 2.47 bits per heavy atom. The molecule has 0 heterocycles. The van der Waals surface area contributed by atoms with Crippen LogP contribution >= 0.6 is 12.2 Å². The lowest BCUT2D eigenvalue weighted by molar-refractivity contribution is -0.858. The molecule has 0 saturated heterocycles. The van der Waals surface area contributed by atoms with Crippen LogP contribution in [0.4, 0.5) is 5.69 Å². The molecule has 1 aromatic carbocycles. The van der Waals surface area contributed by atoms with Gasteiger partial charge < -0.3 is 15.5 Å². The Balaban J connectivity index is 2.27. The van der Waals surface area contributed by atoms with Gasteiger partial charge in [-0.15, -0.1) is 0 Å². The lowest BCUT2D eigenvalue weighted by Crippen LogP contribution is -3.05. The Labute approximate surface area is 122 Å². The second-order valence-corrected chi connectivity index (χ2v) is 5.55. The minimum Gasteiger partial charge on any atom is -0.362 e. The van der Waals surface area contributed by atoms with Gasteiger partial charge in [0.2, 0.25) is 0 Å². The molecule has 0 radical (unpaired) electrons. The van der Waals surface area contributed by atoms with Gasteiger partial charge in [0, 0.05) is 18.7 Å². The first-order chi connectivity index (χ1) is 9.11. The van der Waals surface area contributed by atoms with Crippen LogP contribution in [-0.2, 0) is 6.42 Å². The van der Waals surface area contributed by atoms with E-state index in [1.807, 2.05) is 0 Å². The quantitative estimate of drug-likeness (QED) is 0.522. The molecule has 19 heavy (non-hydrogen) atoms. The minimum absolute atomic E-state index is 0.706. The van der Waals surface area contributed by atoms with E-state index in [-0.39, 0.29) is 0 Å². The molecule has 0 amide bonds. The standard InChI is InChI=1S/C15H25N3S/c1-4-6-13-7-9-14(10-8-13)17-15(19)16-11-5-12-18(2)3/h7-10H,4-6,11-12H2,1-3H3,(H2,16,17,19)/p+1. The van der Waals surface area contributed by atoms with Gasteiger partial charge in [-0.2, -0.15) is 0 Å². The molecular formula is C15H26N3S+. The highest BCUT2D eigenvalue weighted by Gasteiger charge is 1.99. The zero-order valence-corrected chi connectivity index (χ0v) is 13.1. The predicted octanol–water partition coefficient (Wildman–Crippen LogP) is 1.46. The lowest BCUT2D eigenvalue weighted by atomic mass is 10.1. The summed E-state index contributed by atoms with van der Waals surface area (Å²) in [6, 6.07) is 8.49. The minimum atomic E-state index is 0.706. The van der Waals surface area contributed by atoms with Crippen molar-refractivity contribution in [3.63, 3.8) is 0 Å². The molecule has 106 valence electrons. The van der Waals surface area contributed by atoms with Gasteiger partial charge in [0.1, 0.15) is 0 Å². The molecule has 3 nitrogen and oxygen atoms in total. The topological polar surface area (TPSA) is 28.5 Å². The average Bonchev–Trinajstić information content (AvgIpc) is 2.37. The van der Waals surface area contributed by atoms with Crippen LogP contribution in [0.25, 0.3) is 0 Å². The first kappa shape index (κ1) is 15.9. The summed E-state index contributed by atoms with van der Waals surface area (Å²) in [4.78, 5) is 1.46. The fourth-order valence-corrected chi connectivity index (χ4v) is 2.08. The Morgan fingerprint density at radius 1 is 1.21 bits per heavy atom. The van der Waals surface area contributed by atoms with Gasteiger partial charge in [-0.05, 0) is 36.3 Å². The van der Waals surface area contributed by atoms with Crippen molar-refractivity contribution in [2.75, 3.05) is 32.5 Å². The maximum absolute atomic E-state index is 5.27. The molecule has 0 bridgehead atoms. The van der Waals surface area contributed by atoms with Gasteiger partial charge in [-0.3, -0.25) is 0 Å². The van der Waals surface area contributed by atoms with Crippen LogP contribution in [0, 0.1) is 0 Å². The van der Waals surface area contributed by atoms with E-state index in [4.69, 9.17) is 12.2 Å². The fourth-order valence-electron chi connectivity index (χ4n) is 1.86. The number of aryl methyl sites for hydroxylation is 1. The molecule has 0 atom stereocenters. The average molecular weight is 280 g/mol. The van der Waals surface area contributed by atoms with E-state index in [2.05, 4.69) is 55.9 Å². The number of quaternary nitrogens is 1. The van der Waals surface area contributed by atoms with Gasteiger partial charge in [0.15, 0.2) is 5.11 Å². The molecule has 1 aromatic rings. The summed E-state index contributed by atoms with van der Waals surface area (Å²) in [6.45, 7) is 4.27. The van der Waals surface area contributed by atoms with E-state index in [0.717, 1.165) is 31.6 Å². The van der Waals surface area contributed by atoms with Crippen LogP contribution in [0.2, 0.25) is 0 Å². The molecule has 0 unspecified atom stereocenters. The van der Waals surface area contributed by atoms with Crippen molar-refractivity contribution in [1.29, 1.82) is 0 Å². The smallest absolute Gasteiger partial charge is 0.170 e. The van der Waals surface area contributed by atoms with Crippen molar-refractivity contribution in [3.8, 4) is 0 Å². The SMILES string of the molecule is CCCc1ccc(NC(=S)NCCC[NH+](C)C)cc1. The second kappa shape index (κ2) is 8.88. The number of benzene rings is 1. The third kappa shape index (κ3) is 7.13. The molecule has 0 spiro atoms. The fraction of sp³-hybridized carbons (Fsp3) is 0.533. The van der Waals surface area contributed by atoms with Crippen LogP contribution in [0.1, 0.15) is 25.3 Å². The van der Waals surface area contributed by atoms with E-state index >= 15 is 0 Å². The molecule has 0 aliphatic carbocycles. The van der Waals surface area contributed by atoms with Crippen molar-refractivity contribution >= 4 is 23.0 Å². The van der Waals surface area contributed by atoms with E-state index in [1.165, 1.54) is 16.9 Å². The molecule has 0 aromatic heterocycles. The van der Waals surface area contributed by atoms with Crippen molar-refractivity contribution in [2.24, 2.45) is 0 Å². The van der Waals surface area contributed by atoms with Gasteiger partial charge in [-0.1, -0.05) is 25.5 Å². The molecule has 0 aliphatic rings. The predicted molar refractivity (Wildman–Crippen MR) is 87.0 cm³/mol. The maximum atomic E-state index is 5.27. The van der Waals surface area contributed by atoms with Crippen molar-refractivity contribution in [2.45, 2.75) is 26.2 Å². The first-order valence-corrected chi connectivity index (χ1v) is 7.45. The molecule has 3 N–H and O–H groups in total. The third-order valence-electron chi connectivity index (χ3n) is 2.89. The van der Waals surface area contributed by atoms with Gasteiger partial charge in [0.05, 0.1) is 20.6 Å². The second-order valence-electron chi connectivity index (χ2n) is 5.14. The molecule has 0 saturated carbocycles. The highest BCUT2D eigenvalue weighted by molar-refractivity contribution is 7.80. The zero-order valence-electron chi connectivity index (χ0n) is 12.3. The van der Waals surface area contributed by atoms with E-state index in [1.54, 1.807) is 0 Å². The molecular weight excluding hydrogens is 254 g/mol. The third-order valence-corrected chi connectivity index (χ3v) is 3.14. The highest BCUT2D eigenvalue weighted by Crippen LogP contribution is 2.10.